The maximum atomic E-state index is 12.7. The Bertz CT molecular complexity index is 458. The Morgan fingerprint density at radius 1 is 1.45 bits per heavy atom. The molecule has 4 heteroatoms. The number of benzene rings is 1. The average Bonchev–Trinajstić information content (AvgIpc) is 2.35. The number of alkyl halides is 1. The third-order valence-electron chi connectivity index (χ3n) is 3.55. The number of hydrogen-bond acceptors (Lipinski definition) is 2. The van der Waals surface area contributed by atoms with Crippen molar-refractivity contribution in [3.8, 4) is 5.75 Å². The second kappa shape index (κ2) is 7.11. The molecular formula is C16H22BrNO2. The van der Waals surface area contributed by atoms with E-state index in [2.05, 4.69) is 15.9 Å². The van der Waals surface area contributed by atoms with E-state index in [4.69, 9.17) is 4.74 Å². The molecule has 0 saturated heterocycles. The van der Waals surface area contributed by atoms with Crippen molar-refractivity contribution in [1.82, 2.24) is 4.90 Å². The molecule has 0 aromatic heterocycles. The van der Waals surface area contributed by atoms with Gasteiger partial charge in [-0.3, -0.25) is 4.79 Å². The number of amides is 1. The predicted octanol–water partition coefficient (Wildman–Crippen LogP) is 3.86. The van der Waals surface area contributed by atoms with Crippen LogP contribution in [0.3, 0.4) is 0 Å². The summed E-state index contributed by atoms with van der Waals surface area (Å²) in [6, 6.07) is 7.92. The summed E-state index contributed by atoms with van der Waals surface area (Å²) in [7, 11) is 0. The fourth-order valence-corrected chi connectivity index (χ4v) is 2.76. The van der Waals surface area contributed by atoms with Crippen LogP contribution in [0.5, 0.6) is 5.75 Å². The van der Waals surface area contributed by atoms with Gasteiger partial charge in [0.2, 0.25) is 0 Å². The van der Waals surface area contributed by atoms with Crippen LogP contribution in [0.2, 0.25) is 0 Å². The van der Waals surface area contributed by atoms with Gasteiger partial charge in [0.1, 0.15) is 5.75 Å². The van der Waals surface area contributed by atoms with Crippen LogP contribution in [-0.4, -0.2) is 34.8 Å². The second-order valence-electron chi connectivity index (χ2n) is 5.47. The highest BCUT2D eigenvalue weighted by molar-refractivity contribution is 9.09. The lowest BCUT2D eigenvalue weighted by atomic mass is 9.91. The van der Waals surface area contributed by atoms with Gasteiger partial charge in [-0.2, -0.15) is 0 Å². The fraction of sp³-hybridized carbons (Fsp3) is 0.562. The minimum absolute atomic E-state index is 0.114. The molecule has 1 fully saturated rings. The van der Waals surface area contributed by atoms with E-state index in [1.807, 2.05) is 43.0 Å². The predicted molar refractivity (Wildman–Crippen MR) is 84.7 cm³/mol. The zero-order valence-corrected chi connectivity index (χ0v) is 13.7. The molecule has 1 amide bonds. The molecular weight excluding hydrogens is 318 g/mol. The topological polar surface area (TPSA) is 29.5 Å². The van der Waals surface area contributed by atoms with Gasteiger partial charge >= 0.3 is 0 Å². The fourth-order valence-electron chi connectivity index (χ4n) is 2.38. The van der Waals surface area contributed by atoms with Crippen molar-refractivity contribution < 1.29 is 9.53 Å². The van der Waals surface area contributed by atoms with Gasteiger partial charge in [0.05, 0.1) is 6.10 Å². The van der Waals surface area contributed by atoms with E-state index in [0.717, 1.165) is 36.0 Å². The highest BCUT2D eigenvalue weighted by Gasteiger charge is 2.28. The van der Waals surface area contributed by atoms with Crippen molar-refractivity contribution >= 4 is 21.8 Å². The monoisotopic (exact) mass is 339 g/mol. The van der Waals surface area contributed by atoms with E-state index in [1.165, 1.54) is 6.42 Å². The quantitative estimate of drug-likeness (QED) is 0.736. The van der Waals surface area contributed by atoms with Crippen LogP contribution in [0.15, 0.2) is 24.3 Å². The van der Waals surface area contributed by atoms with Crippen LogP contribution < -0.4 is 4.74 Å². The van der Waals surface area contributed by atoms with E-state index in [0.29, 0.717) is 6.04 Å². The van der Waals surface area contributed by atoms with E-state index < -0.39 is 0 Å². The molecule has 1 aromatic carbocycles. The first-order chi connectivity index (χ1) is 9.61. The second-order valence-corrected chi connectivity index (χ2v) is 6.26. The summed E-state index contributed by atoms with van der Waals surface area (Å²) >= 11 is 3.44. The first kappa shape index (κ1) is 15.4. The Kier molecular flexibility index (Phi) is 5.46. The largest absolute Gasteiger partial charge is 0.491 e. The summed E-state index contributed by atoms with van der Waals surface area (Å²) in [6.45, 7) is 4.73. The maximum Gasteiger partial charge on any atom is 0.254 e. The zero-order chi connectivity index (χ0) is 14.5. The molecule has 0 spiro atoms. The van der Waals surface area contributed by atoms with Gasteiger partial charge in [-0.25, -0.2) is 0 Å². The summed E-state index contributed by atoms with van der Waals surface area (Å²) < 4.78 is 5.67. The molecule has 1 saturated carbocycles. The molecule has 1 aliphatic carbocycles. The average molecular weight is 340 g/mol. The lowest BCUT2D eigenvalue weighted by molar-refractivity contribution is 0.0599. The molecule has 3 nitrogen and oxygen atoms in total. The SMILES string of the molecule is CC(C)Oc1cccc(C(=O)N(CCBr)C2CCC2)c1. The molecule has 1 aliphatic rings. The molecule has 0 heterocycles. The lowest BCUT2D eigenvalue weighted by Gasteiger charge is -2.37. The van der Waals surface area contributed by atoms with Crippen molar-refractivity contribution in [3.63, 3.8) is 0 Å². The van der Waals surface area contributed by atoms with Gasteiger partial charge in [-0.1, -0.05) is 22.0 Å². The van der Waals surface area contributed by atoms with Gasteiger partial charge in [0.25, 0.3) is 5.91 Å². The Morgan fingerprint density at radius 2 is 2.20 bits per heavy atom. The van der Waals surface area contributed by atoms with Crippen molar-refractivity contribution in [2.45, 2.75) is 45.3 Å². The lowest BCUT2D eigenvalue weighted by Crippen LogP contribution is -2.45. The molecule has 0 N–H and O–H groups in total. The number of carbonyl (C=O) groups is 1. The third kappa shape index (κ3) is 3.75. The number of carbonyl (C=O) groups excluding carboxylic acids is 1. The molecule has 0 aliphatic heterocycles. The van der Waals surface area contributed by atoms with Crippen LogP contribution >= 0.6 is 15.9 Å². The Hall–Kier alpha value is -1.03. The number of halogens is 1. The highest BCUT2D eigenvalue weighted by atomic mass is 79.9. The van der Waals surface area contributed by atoms with Crippen LogP contribution in [0.1, 0.15) is 43.5 Å². The third-order valence-corrected chi connectivity index (χ3v) is 3.91. The molecule has 1 aromatic rings. The summed E-state index contributed by atoms with van der Waals surface area (Å²) in [4.78, 5) is 14.6. The molecule has 0 atom stereocenters. The first-order valence-corrected chi connectivity index (χ1v) is 8.37. The van der Waals surface area contributed by atoms with Crippen molar-refractivity contribution in [2.75, 3.05) is 11.9 Å². The zero-order valence-electron chi connectivity index (χ0n) is 12.1. The van der Waals surface area contributed by atoms with Crippen LogP contribution in [0, 0.1) is 0 Å². The molecule has 0 bridgehead atoms. The van der Waals surface area contributed by atoms with Crippen molar-refractivity contribution in [1.29, 1.82) is 0 Å². The van der Waals surface area contributed by atoms with Gasteiger partial charge in [-0.15, -0.1) is 0 Å². The highest BCUT2D eigenvalue weighted by Crippen LogP contribution is 2.27. The van der Waals surface area contributed by atoms with Gasteiger partial charge in [0, 0.05) is 23.5 Å². The van der Waals surface area contributed by atoms with Crippen LogP contribution in [-0.2, 0) is 0 Å². The maximum absolute atomic E-state index is 12.7. The Labute approximate surface area is 129 Å². The van der Waals surface area contributed by atoms with Crippen LogP contribution in [0.4, 0.5) is 0 Å². The summed E-state index contributed by atoms with van der Waals surface area (Å²) in [5.74, 6) is 0.876. The van der Waals surface area contributed by atoms with E-state index in [-0.39, 0.29) is 12.0 Å². The molecule has 0 radical (unpaired) electrons. The smallest absolute Gasteiger partial charge is 0.254 e. The Morgan fingerprint density at radius 3 is 2.75 bits per heavy atom. The minimum Gasteiger partial charge on any atom is -0.491 e. The van der Waals surface area contributed by atoms with Gasteiger partial charge in [0.15, 0.2) is 0 Å². The number of ether oxygens (including phenoxy) is 1. The van der Waals surface area contributed by atoms with E-state index in [9.17, 15) is 4.79 Å². The van der Waals surface area contributed by atoms with Crippen LogP contribution in [0.25, 0.3) is 0 Å². The number of rotatable bonds is 6. The minimum atomic E-state index is 0.114. The van der Waals surface area contributed by atoms with Crippen molar-refractivity contribution in [2.24, 2.45) is 0 Å². The molecule has 20 heavy (non-hydrogen) atoms. The summed E-state index contributed by atoms with van der Waals surface area (Å²) in [6.07, 6.45) is 3.60. The molecule has 110 valence electrons. The number of nitrogens with zero attached hydrogens (tertiary/aromatic N) is 1. The normalized spacial score (nSPS) is 15.0. The van der Waals surface area contributed by atoms with E-state index in [1.54, 1.807) is 0 Å². The van der Waals surface area contributed by atoms with Crippen molar-refractivity contribution in [3.05, 3.63) is 29.8 Å². The Balaban J connectivity index is 2.13. The summed E-state index contributed by atoms with van der Waals surface area (Å²) in [5, 5.41) is 0.817. The van der Waals surface area contributed by atoms with Gasteiger partial charge < -0.3 is 9.64 Å². The molecule has 2 rings (SSSR count). The first-order valence-electron chi connectivity index (χ1n) is 7.25. The standard InChI is InChI=1S/C16H22BrNO2/c1-12(2)20-15-8-3-5-13(11-15)16(19)18(10-9-17)14-6-4-7-14/h3,5,8,11-12,14H,4,6-7,9-10H2,1-2H3. The number of hydrogen-bond donors (Lipinski definition) is 0. The molecule has 0 unspecified atom stereocenters. The summed E-state index contributed by atoms with van der Waals surface area (Å²) in [5.41, 5.74) is 0.719. The van der Waals surface area contributed by atoms with Gasteiger partial charge in [-0.05, 0) is 51.3 Å². The van der Waals surface area contributed by atoms with E-state index >= 15 is 0 Å².